The minimum absolute atomic E-state index is 0.0946. The third kappa shape index (κ3) is 1.96. The summed E-state index contributed by atoms with van der Waals surface area (Å²) in [4.78, 5) is 0. The van der Waals surface area contributed by atoms with Gasteiger partial charge in [0.2, 0.25) is 0 Å². The lowest BCUT2D eigenvalue weighted by atomic mass is 9.96. The third-order valence-electron chi connectivity index (χ3n) is 3.08. The molecule has 1 aliphatic rings. The molecule has 1 heterocycles. The Morgan fingerprint density at radius 1 is 1.47 bits per heavy atom. The van der Waals surface area contributed by atoms with Crippen LogP contribution in [0.4, 0.5) is 0 Å². The fourth-order valence-corrected chi connectivity index (χ4v) is 1.84. The van der Waals surface area contributed by atoms with Gasteiger partial charge in [-0.15, -0.1) is 0 Å². The molecule has 0 radical (unpaired) electrons. The van der Waals surface area contributed by atoms with Crippen LogP contribution in [0.25, 0.3) is 6.08 Å². The van der Waals surface area contributed by atoms with Gasteiger partial charge < -0.3 is 9.84 Å². The highest BCUT2D eigenvalue weighted by atomic mass is 16.6. The molecule has 1 fully saturated rings. The van der Waals surface area contributed by atoms with E-state index in [2.05, 4.69) is 18.7 Å². The van der Waals surface area contributed by atoms with Crippen molar-refractivity contribution >= 4 is 6.08 Å². The summed E-state index contributed by atoms with van der Waals surface area (Å²) in [6, 6.07) is 8.17. The topological polar surface area (TPSA) is 32.8 Å². The fourth-order valence-electron chi connectivity index (χ4n) is 1.84. The maximum Gasteiger partial charge on any atom is 0.121 e. The summed E-state index contributed by atoms with van der Waals surface area (Å²) < 4.78 is 5.44. The second kappa shape index (κ2) is 3.80. The molecule has 2 rings (SSSR count). The summed E-state index contributed by atoms with van der Waals surface area (Å²) in [5.41, 5.74) is 1.98. The maximum absolute atomic E-state index is 9.25. The van der Waals surface area contributed by atoms with Gasteiger partial charge in [-0.1, -0.05) is 36.9 Å². The molecule has 0 amide bonds. The normalized spacial score (nSPS) is 28.8. The molecular formula is C13H16O2. The first-order valence-electron chi connectivity index (χ1n) is 5.20. The smallest absolute Gasteiger partial charge is 0.121 e. The van der Waals surface area contributed by atoms with Crippen LogP contribution in [0.3, 0.4) is 0 Å². The van der Waals surface area contributed by atoms with E-state index in [9.17, 15) is 5.11 Å². The van der Waals surface area contributed by atoms with Crippen LogP contribution in [-0.2, 0) is 11.2 Å². The number of hydrogen-bond acceptors (Lipinski definition) is 2. The van der Waals surface area contributed by atoms with Gasteiger partial charge in [-0.3, -0.25) is 0 Å². The van der Waals surface area contributed by atoms with Crippen LogP contribution < -0.4 is 0 Å². The van der Waals surface area contributed by atoms with Crippen LogP contribution in [0.2, 0.25) is 0 Å². The Morgan fingerprint density at radius 3 is 2.47 bits per heavy atom. The molecule has 0 saturated carbocycles. The molecule has 2 atom stereocenters. The van der Waals surface area contributed by atoms with E-state index in [1.165, 1.54) is 5.56 Å². The van der Waals surface area contributed by atoms with Crippen molar-refractivity contribution in [3.8, 4) is 0 Å². The predicted octanol–water partition coefficient (Wildman–Crippen LogP) is 2.02. The van der Waals surface area contributed by atoms with Gasteiger partial charge in [0, 0.05) is 6.42 Å². The van der Waals surface area contributed by atoms with Crippen molar-refractivity contribution in [1.29, 1.82) is 0 Å². The van der Waals surface area contributed by atoms with Gasteiger partial charge in [0.1, 0.15) is 5.60 Å². The molecule has 0 bridgehead atoms. The summed E-state index contributed by atoms with van der Waals surface area (Å²) in [5.74, 6) is 0. The van der Waals surface area contributed by atoms with Gasteiger partial charge in [0.05, 0.1) is 12.7 Å². The van der Waals surface area contributed by atoms with Crippen molar-refractivity contribution in [2.45, 2.75) is 25.0 Å². The first-order valence-corrected chi connectivity index (χ1v) is 5.20. The molecule has 80 valence electrons. The van der Waals surface area contributed by atoms with E-state index in [1.807, 2.05) is 25.1 Å². The van der Waals surface area contributed by atoms with Crippen LogP contribution >= 0.6 is 0 Å². The zero-order valence-electron chi connectivity index (χ0n) is 8.94. The van der Waals surface area contributed by atoms with E-state index < -0.39 is 0 Å². The lowest BCUT2D eigenvalue weighted by Gasteiger charge is -2.09. The quantitative estimate of drug-likeness (QED) is 0.761. The van der Waals surface area contributed by atoms with Crippen molar-refractivity contribution in [1.82, 2.24) is 0 Å². The SMILES string of the molecule is C=Cc1ccc(C[C@]2(CO)OC2C)cc1. The predicted molar refractivity (Wildman–Crippen MR) is 60.6 cm³/mol. The largest absolute Gasteiger partial charge is 0.393 e. The minimum atomic E-state index is -0.324. The maximum atomic E-state index is 9.25. The van der Waals surface area contributed by atoms with Crippen molar-refractivity contribution in [3.63, 3.8) is 0 Å². The second-order valence-corrected chi connectivity index (χ2v) is 4.11. The molecule has 2 nitrogen and oxygen atoms in total. The van der Waals surface area contributed by atoms with Crippen molar-refractivity contribution in [2.24, 2.45) is 0 Å². The zero-order chi connectivity index (χ0) is 10.9. The molecule has 0 aromatic heterocycles. The number of rotatable bonds is 4. The van der Waals surface area contributed by atoms with Crippen LogP contribution in [0.15, 0.2) is 30.8 Å². The monoisotopic (exact) mass is 204 g/mol. The average molecular weight is 204 g/mol. The lowest BCUT2D eigenvalue weighted by Crippen LogP contribution is -2.22. The highest BCUT2D eigenvalue weighted by Gasteiger charge is 2.52. The molecule has 1 unspecified atom stereocenters. The zero-order valence-corrected chi connectivity index (χ0v) is 8.94. The van der Waals surface area contributed by atoms with Crippen LogP contribution in [-0.4, -0.2) is 23.4 Å². The average Bonchev–Trinajstić information content (AvgIpc) is 2.91. The highest BCUT2D eigenvalue weighted by molar-refractivity contribution is 5.47. The molecule has 2 heteroatoms. The summed E-state index contributed by atoms with van der Waals surface area (Å²) in [6.45, 7) is 5.80. The molecule has 0 aliphatic carbocycles. The number of hydrogen-bond donors (Lipinski definition) is 1. The van der Waals surface area contributed by atoms with E-state index in [0.717, 1.165) is 12.0 Å². The van der Waals surface area contributed by atoms with Crippen LogP contribution in [0, 0.1) is 0 Å². The molecule has 15 heavy (non-hydrogen) atoms. The van der Waals surface area contributed by atoms with E-state index in [-0.39, 0.29) is 18.3 Å². The van der Waals surface area contributed by atoms with Gasteiger partial charge in [-0.05, 0) is 18.1 Å². The Kier molecular flexibility index (Phi) is 2.63. The summed E-state index contributed by atoms with van der Waals surface area (Å²) in [6.07, 6.45) is 2.77. The lowest BCUT2D eigenvalue weighted by molar-refractivity contribution is 0.171. The van der Waals surface area contributed by atoms with E-state index >= 15 is 0 Å². The number of aliphatic hydroxyl groups excluding tert-OH is 1. The second-order valence-electron chi connectivity index (χ2n) is 4.11. The van der Waals surface area contributed by atoms with Crippen LogP contribution in [0.5, 0.6) is 0 Å². The Hall–Kier alpha value is -1.12. The van der Waals surface area contributed by atoms with Crippen molar-refractivity contribution in [3.05, 3.63) is 42.0 Å². The Morgan fingerprint density at radius 2 is 2.07 bits per heavy atom. The van der Waals surface area contributed by atoms with E-state index in [0.29, 0.717) is 0 Å². The van der Waals surface area contributed by atoms with Crippen LogP contribution in [0.1, 0.15) is 18.1 Å². The summed E-state index contributed by atoms with van der Waals surface area (Å²) >= 11 is 0. The van der Waals surface area contributed by atoms with E-state index in [1.54, 1.807) is 0 Å². The Balaban J connectivity index is 2.08. The fraction of sp³-hybridized carbons (Fsp3) is 0.385. The number of aliphatic hydroxyl groups is 1. The molecule has 1 aliphatic heterocycles. The van der Waals surface area contributed by atoms with Gasteiger partial charge >= 0.3 is 0 Å². The van der Waals surface area contributed by atoms with Gasteiger partial charge in [-0.2, -0.15) is 0 Å². The molecule has 1 aromatic carbocycles. The van der Waals surface area contributed by atoms with Crippen molar-refractivity contribution < 1.29 is 9.84 Å². The first kappa shape index (κ1) is 10.4. The summed E-state index contributed by atoms with van der Waals surface area (Å²) in [5, 5.41) is 9.25. The first-order chi connectivity index (χ1) is 7.20. The van der Waals surface area contributed by atoms with E-state index in [4.69, 9.17) is 4.74 Å². The number of epoxide rings is 1. The Labute approximate surface area is 90.2 Å². The van der Waals surface area contributed by atoms with Crippen molar-refractivity contribution in [2.75, 3.05) is 6.61 Å². The highest BCUT2D eigenvalue weighted by Crippen LogP contribution is 2.38. The van der Waals surface area contributed by atoms with Gasteiger partial charge in [0.15, 0.2) is 0 Å². The molecule has 0 spiro atoms. The molecule has 1 saturated heterocycles. The van der Waals surface area contributed by atoms with Gasteiger partial charge in [-0.25, -0.2) is 0 Å². The summed E-state index contributed by atoms with van der Waals surface area (Å²) in [7, 11) is 0. The standard InChI is InChI=1S/C13H16O2/c1-3-11-4-6-12(7-5-11)8-13(9-14)10(2)15-13/h3-7,10,14H,1,8-9H2,2H3/t10?,13-/m1/s1. The number of ether oxygens (including phenoxy) is 1. The number of benzene rings is 1. The molecular weight excluding hydrogens is 188 g/mol. The molecule has 1 aromatic rings. The third-order valence-corrected chi connectivity index (χ3v) is 3.08. The van der Waals surface area contributed by atoms with Gasteiger partial charge in [0.25, 0.3) is 0 Å². The minimum Gasteiger partial charge on any atom is -0.393 e. The molecule has 1 N–H and O–H groups in total. The Bertz CT molecular complexity index is 351.